The van der Waals surface area contributed by atoms with Crippen molar-refractivity contribution in [1.29, 1.82) is 0 Å². The van der Waals surface area contributed by atoms with Crippen molar-refractivity contribution in [3.63, 3.8) is 0 Å². The standard InChI is InChI=1S/C50H42N4.C7H8.C6H6.C2H6/c1-5-17-34(18-6-2)43-33-44(35-19-9-7-10-20-35)52-49(51-43)36-27-29-38(30-28-36)53-45-25-15-13-23-39(45)40-31-48-42(32-47(40)53)50(3,4)41-24-14-16-26-46(41)54(48)37-21-11-8-12-22-37;1-7-5-3-2-4-6-7;1-2-4-6-5-3-1;1-2/h5-33,44H,1H2,2-4H3,(H,51,52);2-6H,1H3;1-6H;1-2H3/b18-6-,34-17+;;;. The third kappa shape index (κ3) is 10.2. The Morgan fingerprint density at radius 2 is 1.17 bits per heavy atom. The van der Waals surface area contributed by atoms with E-state index in [1.807, 2.05) is 93.6 Å². The zero-order valence-corrected chi connectivity index (χ0v) is 40.7. The molecule has 4 heteroatoms. The Labute approximate surface area is 409 Å². The number of para-hydroxylation sites is 3. The van der Waals surface area contributed by atoms with Gasteiger partial charge in [-0.2, -0.15) is 0 Å². The van der Waals surface area contributed by atoms with E-state index in [1.54, 1.807) is 0 Å². The molecule has 1 aromatic heterocycles. The molecule has 0 amide bonds. The molecule has 0 aliphatic carbocycles. The molecule has 2 aliphatic rings. The minimum absolute atomic E-state index is 0.0284. The number of fused-ring (bicyclic) bond motifs is 5. The molecule has 1 unspecified atom stereocenters. The van der Waals surface area contributed by atoms with Gasteiger partial charge in [0.25, 0.3) is 0 Å². The Bertz CT molecular complexity index is 3220. The quantitative estimate of drug-likeness (QED) is 0.162. The summed E-state index contributed by atoms with van der Waals surface area (Å²) in [5.74, 6) is 0.838. The second kappa shape index (κ2) is 22.1. The van der Waals surface area contributed by atoms with Gasteiger partial charge in [0.05, 0.1) is 34.1 Å². The van der Waals surface area contributed by atoms with Crippen LogP contribution in [0.1, 0.15) is 68.5 Å². The van der Waals surface area contributed by atoms with Crippen molar-refractivity contribution in [3.8, 4) is 5.69 Å². The molecule has 0 spiro atoms. The first-order valence-corrected chi connectivity index (χ1v) is 24.1. The number of allylic oxidation sites excluding steroid dienone is 4. The molecular weight excluding hydrogens is 837 g/mol. The Balaban J connectivity index is 0.000000368. The Hall–Kier alpha value is -8.21. The van der Waals surface area contributed by atoms with Gasteiger partial charge in [-0.05, 0) is 103 Å². The molecular formula is C65H62N4. The van der Waals surface area contributed by atoms with Crippen LogP contribution in [-0.2, 0) is 5.41 Å². The van der Waals surface area contributed by atoms with Crippen molar-refractivity contribution < 1.29 is 0 Å². The maximum atomic E-state index is 5.16. The van der Waals surface area contributed by atoms with Crippen LogP contribution in [0.5, 0.6) is 0 Å². The van der Waals surface area contributed by atoms with Crippen LogP contribution in [-0.4, -0.2) is 10.4 Å². The van der Waals surface area contributed by atoms with E-state index in [0.717, 1.165) is 34.0 Å². The lowest BCUT2D eigenvalue weighted by Gasteiger charge is -2.42. The maximum absolute atomic E-state index is 5.16. The zero-order valence-electron chi connectivity index (χ0n) is 40.7. The summed E-state index contributed by atoms with van der Waals surface area (Å²) in [5.41, 5.74) is 14.9. The van der Waals surface area contributed by atoms with Crippen LogP contribution in [0.15, 0.2) is 266 Å². The molecule has 0 fully saturated rings. The van der Waals surface area contributed by atoms with E-state index in [2.05, 4.69) is 212 Å². The summed E-state index contributed by atoms with van der Waals surface area (Å²) in [7, 11) is 0. The highest BCUT2D eigenvalue weighted by atomic mass is 15.2. The van der Waals surface area contributed by atoms with E-state index >= 15 is 0 Å². The fourth-order valence-corrected chi connectivity index (χ4v) is 9.20. The minimum atomic E-state index is -0.215. The summed E-state index contributed by atoms with van der Waals surface area (Å²) >= 11 is 0. The number of amidine groups is 1. The number of hydrogen-bond donors (Lipinski definition) is 1. The molecule has 11 rings (SSSR count). The SMILES string of the molecule is C=C/C=C(\C=C/C)C1=CC(c2ccccc2)NC(c2ccc(-n3c4ccccc4c4cc5c(cc43)C(C)(C)c3ccccc3N5c3ccccc3)cc2)=N1.CC.Cc1ccccc1.c1ccccc1. The topological polar surface area (TPSA) is 32.6 Å². The van der Waals surface area contributed by atoms with Crippen molar-refractivity contribution in [2.24, 2.45) is 4.99 Å². The van der Waals surface area contributed by atoms with Gasteiger partial charge in [-0.1, -0.05) is 216 Å². The van der Waals surface area contributed by atoms with E-state index in [0.29, 0.717) is 0 Å². The van der Waals surface area contributed by atoms with Crippen molar-refractivity contribution in [3.05, 3.63) is 288 Å². The Morgan fingerprint density at radius 1 is 0.594 bits per heavy atom. The highest BCUT2D eigenvalue weighted by Gasteiger charge is 2.37. The average Bonchev–Trinajstić information content (AvgIpc) is 3.74. The predicted octanol–water partition coefficient (Wildman–Crippen LogP) is 17.3. The second-order valence-corrected chi connectivity index (χ2v) is 17.3. The lowest BCUT2D eigenvalue weighted by molar-refractivity contribution is 0.632. The van der Waals surface area contributed by atoms with Crippen LogP contribution in [0.2, 0.25) is 0 Å². The smallest absolute Gasteiger partial charge is 0.134 e. The van der Waals surface area contributed by atoms with Crippen molar-refractivity contribution in [2.75, 3.05) is 4.90 Å². The molecule has 9 aromatic rings. The summed E-state index contributed by atoms with van der Waals surface area (Å²) < 4.78 is 2.42. The van der Waals surface area contributed by atoms with Gasteiger partial charge in [0, 0.05) is 33.1 Å². The Kier molecular flexibility index (Phi) is 15.1. The molecule has 4 nitrogen and oxygen atoms in total. The van der Waals surface area contributed by atoms with Crippen molar-refractivity contribution >= 4 is 44.7 Å². The van der Waals surface area contributed by atoms with Crippen molar-refractivity contribution in [1.82, 2.24) is 9.88 Å². The van der Waals surface area contributed by atoms with E-state index < -0.39 is 0 Å². The number of hydrogen-bond acceptors (Lipinski definition) is 3. The fraction of sp³-hybridized carbons (Fsp3) is 0.123. The summed E-state index contributed by atoms with van der Waals surface area (Å²) in [5, 5.41) is 6.18. The number of benzene rings is 8. The highest BCUT2D eigenvalue weighted by Crippen LogP contribution is 2.53. The average molecular weight is 899 g/mol. The second-order valence-electron chi connectivity index (χ2n) is 17.3. The number of rotatable bonds is 7. The van der Waals surface area contributed by atoms with E-state index in [9.17, 15) is 0 Å². The number of anilines is 3. The van der Waals surface area contributed by atoms with Gasteiger partial charge in [-0.15, -0.1) is 0 Å². The lowest BCUT2D eigenvalue weighted by Crippen LogP contribution is -2.31. The van der Waals surface area contributed by atoms with Crippen LogP contribution in [0.25, 0.3) is 27.5 Å². The normalized spacial score (nSPS) is 14.6. The molecule has 0 saturated carbocycles. The molecule has 0 saturated heterocycles. The molecule has 1 atom stereocenters. The van der Waals surface area contributed by atoms with Gasteiger partial charge in [-0.25, -0.2) is 4.99 Å². The predicted molar refractivity (Wildman–Crippen MR) is 297 cm³/mol. The first-order chi connectivity index (χ1) is 33.9. The van der Waals surface area contributed by atoms with Gasteiger partial charge in [-0.3, -0.25) is 0 Å². The summed E-state index contributed by atoms with van der Waals surface area (Å²) in [6.07, 6.45) is 10.2. The molecule has 0 radical (unpaired) electrons. The first kappa shape index (κ1) is 47.3. The number of nitrogens with zero attached hydrogens (tertiary/aromatic N) is 3. The van der Waals surface area contributed by atoms with Gasteiger partial charge < -0.3 is 14.8 Å². The number of aromatic nitrogens is 1. The van der Waals surface area contributed by atoms with Gasteiger partial charge in [0.15, 0.2) is 0 Å². The summed E-state index contributed by atoms with van der Waals surface area (Å²) in [6.45, 7) is 16.8. The number of nitrogens with one attached hydrogen (secondary N) is 1. The van der Waals surface area contributed by atoms with E-state index in [-0.39, 0.29) is 11.5 Å². The van der Waals surface area contributed by atoms with Crippen LogP contribution in [0.4, 0.5) is 17.1 Å². The molecule has 8 aromatic carbocycles. The van der Waals surface area contributed by atoms with Crippen LogP contribution >= 0.6 is 0 Å². The van der Waals surface area contributed by atoms with Gasteiger partial charge >= 0.3 is 0 Å². The molecule has 3 heterocycles. The summed E-state index contributed by atoms with van der Waals surface area (Å²) in [6, 6.07) is 74.8. The number of aliphatic imine (C=N–C) groups is 1. The monoisotopic (exact) mass is 898 g/mol. The van der Waals surface area contributed by atoms with Crippen LogP contribution in [0, 0.1) is 6.92 Å². The molecule has 342 valence electrons. The molecule has 2 aliphatic heterocycles. The van der Waals surface area contributed by atoms with E-state index in [1.165, 1.54) is 55.4 Å². The zero-order chi connectivity index (χ0) is 48.2. The largest absolute Gasteiger partial charge is 0.359 e. The Morgan fingerprint density at radius 3 is 1.80 bits per heavy atom. The minimum Gasteiger partial charge on any atom is -0.359 e. The highest BCUT2D eigenvalue weighted by molar-refractivity contribution is 6.12. The lowest BCUT2D eigenvalue weighted by atomic mass is 9.73. The van der Waals surface area contributed by atoms with Crippen LogP contribution in [0.3, 0.4) is 0 Å². The summed E-state index contributed by atoms with van der Waals surface area (Å²) in [4.78, 5) is 7.60. The van der Waals surface area contributed by atoms with Gasteiger partial charge in [0.2, 0.25) is 0 Å². The van der Waals surface area contributed by atoms with Gasteiger partial charge in [0.1, 0.15) is 5.84 Å². The van der Waals surface area contributed by atoms with Crippen LogP contribution < -0.4 is 10.2 Å². The third-order valence-electron chi connectivity index (χ3n) is 12.5. The van der Waals surface area contributed by atoms with E-state index in [4.69, 9.17) is 4.99 Å². The third-order valence-corrected chi connectivity index (χ3v) is 12.5. The molecule has 1 N–H and O–H groups in total. The molecule has 0 bridgehead atoms. The van der Waals surface area contributed by atoms with Crippen molar-refractivity contribution in [2.45, 2.75) is 53.0 Å². The number of aryl methyl sites for hydroxylation is 1. The maximum Gasteiger partial charge on any atom is 0.134 e. The first-order valence-electron chi connectivity index (χ1n) is 24.1. The molecule has 69 heavy (non-hydrogen) atoms. The fourth-order valence-electron chi connectivity index (χ4n) is 9.20.